The van der Waals surface area contributed by atoms with Crippen LogP contribution in [0.4, 0.5) is 0 Å². The lowest BCUT2D eigenvalue weighted by Gasteiger charge is -2.31. The van der Waals surface area contributed by atoms with E-state index in [1.54, 1.807) is 35.9 Å². The topological polar surface area (TPSA) is 101 Å². The molecule has 3 unspecified atom stereocenters. The summed E-state index contributed by atoms with van der Waals surface area (Å²) in [6, 6.07) is 17.4. The zero-order chi connectivity index (χ0) is 31.0. The summed E-state index contributed by atoms with van der Waals surface area (Å²) in [5, 5.41) is 8.40. The fourth-order valence-corrected chi connectivity index (χ4v) is 6.12. The molecule has 43 heavy (non-hydrogen) atoms. The Labute approximate surface area is 264 Å². The third kappa shape index (κ3) is 11.5. The molecule has 0 spiro atoms. The Morgan fingerprint density at radius 3 is 2.47 bits per heavy atom. The Hall–Kier alpha value is -3.08. The minimum absolute atomic E-state index is 0.0262. The second-order valence-electron chi connectivity index (χ2n) is 10.6. The summed E-state index contributed by atoms with van der Waals surface area (Å²) in [4.78, 5) is 44.9. The van der Waals surface area contributed by atoms with Crippen LogP contribution in [0.25, 0.3) is 10.8 Å². The first-order valence-corrected chi connectivity index (χ1v) is 17.2. The largest absolute Gasteiger partial charge is 0.467 e. The van der Waals surface area contributed by atoms with Crippen molar-refractivity contribution < 1.29 is 19.1 Å². The molecule has 10 heteroatoms. The van der Waals surface area contributed by atoms with Crippen molar-refractivity contribution >= 4 is 52.1 Å². The molecule has 1 heterocycles. The molecule has 0 fully saturated rings. The highest BCUT2D eigenvalue weighted by Gasteiger charge is 2.26. The highest BCUT2D eigenvalue weighted by molar-refractivity contribution is 7.99. The van der Waals surface area contributed by atoms with E-state index in [2.05, 4.69) is 58.6 Å². The lowest BCUT2D eigenvalue weighted by Crippen LogP contribution is -2.51. The van der Waals surface area contributed by atoms with E-state index in [1.807, 2.05) is 36.6 Å². The number of ether oxygens (including phenoxy) is 1. The SMILES string of the molecule is CCC(C)C(CN(CC(=O)NC(CCSC)C(=O)OC)Cc1cccc2ccccc12)NC(=O)CSCc1ccncc1. The van der Waals surface area contributed by atoms with E-state index >= 15 is 0 Å². The van der Waals surface area contributed by atoms with E-state index in [4.69, 9.17) is 4.74 Å². The van der Waals surface area contributed by atoms with Gasteiger partial charge in [0.1, 0.15) is 6.04 Å². The molecule has 0 radical (unpaired) electrons. The van der Waals surface area contributed by atoms with Crippen LogP contribution in [0.5, 0.6) is 0 Å². The maximum Gasteiger partial charge on any atom is 0.328 e. The predicted octanol–water partition coefficient (Wildman–Crippen LogP) is 4.91. The molecule has 0 bridgehead atoms. The minimum atomic E-state index is -0.702. The van der Waals surface area contributed by atoms with Gasteiger partial charge in [-0.25, -0.2) is 4.79 Å². The molecule has 3 aromatic rings. The first-order valence-electron chi connectivity index (χ1n) is 14.7. The van der Waals surface area contributed by atoms with E-state index in [9.17, 15) is 14.4 Å². The summed E-state index contributed by atoms with van der Waals surface area (Å²) in [5.41, 5.74) is 2.22. The Kier molecular flexibility index (Phi) is 14.8. The Bertz CT molecular complexity index is 1310. The number of methoxy groups -OCH3 is 1. The van der Waals surface area contributed by atoms with Crippen LogP contribution in [0.15, 0.2) is 67.0 Å². The number of rotatable bonds is 18. The Morgan fingerprint density at radius 2 is 1.74 bits per heavy atom. The first-order chi connectivity index (χ1) is 20.8. The number of fused-ring (bicyclic) bond motifs is 1. The minimum Gasteiger partial charge on any atom is -0.467 e. The summed E-state index contributed by atoms with van der Waals surface area (Å²) in [6.07, 6.45) is 6.84. The summed E-state index contributed by atoms with van der Waals surface area (Å²) in [7, 11) is 1.34. The van der Waals surface area contributed by atoms with Gasteiger partial charge >= 0.3 is 5.97 Å². The van der Waals surface area contributed by atoms with Gasteiger partial charge in [0.2, 0.25) is 11.8 Å². The lowest BCUT2D eigenvalue weighted by molar-refractivity contribution is -0.145. The molecule has 0 saturated heterocycles. The highest BCUT2D eigenvalue weighted by Crippen LogP contribution is 2.21. The van der Waals surface area contributed by atoms with Crippen LogP contribution >= 0.6 is 23.5 Å². The molecule has 0 aliphatic rings. The van der Waals surface area contributed by atoms with Gasteiger partial charge in [-0.1, -0.05) is 62.7 Å². The quantitative estimate of drug-likeness (QED) is 0.193. The van der Waals surface area contributed by atoms with E-state index < -0.39 is 12.0 Å². The Morgan fingerprint density at radius 1 is 1.00 bits per heavy atom. The van der Waals surface area contributed by atoms with Gasteiger partial charge in [0.15, 0.2) is 0 Å². The third-order valence-electron chi connectivity index (χ3n) is 7.46. The standard InChI is InChI=1S/C33H44N4O4S2/c1-5-24(2)30(36-32(39)23-43-22-25-13-16-34-17-14-25)20-37(19-27-11-8-10-26-9-6-7-12-28(26)27)21-31(38)35-29(15-18-42-4)33(40)41-3/h6-14,16-17,24,29-30H,5,15,18-23H2,1-4H3,(H,35,38)(H,36,39). The van der Waals surface area contributed by atoms with Gasteiger partial charge in [0.05, 0.1) is 19.4 Å². The van der Waals surface area contributed by atoms with Crippen molar-refractivity contribution in [3.63, 3.8) is 0 Å². The maximum absolute atomic E-state index is 13.4. The van der Waals surface area contributed by atoms with Gasteiger partial charge in [-0.05, 0) is 58.4 Å². The van der Waals surface area contributed by atoms with Gasteiger partial charge in [-0.15, -0.1) is 11.8 Å². The lowest BCUT2D eigenvalue weighted by atomic mass is 9.97. The van der Waals surface area contributed by atoms with Crippen LogP contribution in [0.1, 0.15) is 37.8 Å². The molecule has 3 rings (SSSR count). The molecular weight excluding hydrogens is 581 g/mol. The molecule has 3 atom stereocenters. The molecule has 2 N–H and O–H groups in total. The van der Waals surface area contributed by atoms with Crippen molar-refractivity contribution in [2.45, 2.75) is 51.1 Å². The van der Waals surface area contributed by atoms with Crippen LogP contribution in [-0.4, -0.2) is 77.7 Å². The predicted molar refractivity (Wildman–Crippen MR) is 178 cm³/mol. The number of esters is 1. The van der Waals surface area contributed by atoms with Crippen molar-refractivity contribution in [2.24, 2.45) is 5.92 Å². The zero-order valence-corrected chi connectivity index (χ0v) is 27.2. The van der Waals surface area contributed by atoms with Gasteiger partial charge in [0, 0.05) is 37.3 Å². The molecule has 2 amide bonds. The second kappa shape index (κ2) is 18.6. The number of carbonyl (C=O) groups excluding carboxylic acids is 3. The number of thioether (sulfide) groups is 2. The zero-order valence-electron chi connectivity index (χ0n) is 25.6. The average Bonchev–Trinajstić information content (AvgIpc) is 3.02. The van der Waals surface area contributed by atoms with Crippen molar-refractivity contribution in [1.82, 2.24) is 20.5 Å². The Balaban J connectivity index is 1.76. The summed E-state index contributed by atoms with van der Waals surface area (Å²) >= 11 is 3.18. The molecule has 1 aromatic heterocycles. The molecule has 232 valence electrons. The smallest absolute Gasteiger partial charge is 0.328 e. The van der Waals surface area contributed by atoms with Crippen LogP contribution < -0.4 is 10.6 Å². The number of nitrogens with one attached hydrogen (secondary N) is 2. The number of amides is 2. The number of pyridine rings is 1. The van der Waals surface area contributed by atoms with Crippen LogP contribution in [-0.2, 0) is 31.4 Å². The third-order valence-corrected chi connectivity index (χ3v) is 9.10. The molecule has 0 aliphatic carbocycles. The van der Waals surface area contributed by atoms with E-state index in [0.29, 0.717) is 25.3 Å². The maximum atomic E-state index is 13.4. The second-order valence-corrected chi connectivity index (χ2v) is 12.6. The van der Waals surface area contributed by atoms with Gasteiger partial charge in [-0.3, -0.25) is 19.5 Å². The highest BCUT2D eigenvalue weighted by atomic mass is 32.2. The first kappa shape index (κ1) is 34.4. The van der Waals surface area contributed by atoms with E-state index in [1.165, 1.54) is 7.11 Å². The summed E-state index contributed by atoms with van der Waals surface area (Å²) in [5.74, 6) is 1.26. The number of nitrogens with zero attached hydrogens (tertiary/aromatic N) is 2. The summed E-state index contributed by atoms with van der Waals surface area (Å²) in [6.45, 7) is 5.31. The number of hydrogen-bond acceptors (Lipinski definition) is 8. The number of benzene rings is 2. The normalized spacial score (nSPS) is 13.3. The number of carbonyl (C=O) groups is 3. The number of aromatic nitrogens is 1. The fourth-order valence-electron chi connectivity index (χ4n) is 4.85. The molecular formula is C33H44N4O4S2. The number of hydrogen-bond donors (Lipinski definition) is 2. The van der Waals surface area contributed by atoms with Crippen molar-refractivity contribution in [1.29, 1.82) is 0 Å². The monoisotopic (exact) mass is 624 g/mol. The van der Waals surface area contributed by atoms with Crippen molar-refractivity contribution in [3.8, 4) is 0 Å². The molecule has 0 saturated carbocycles. The fraction of sp³-hybridized carbons (Fsp3) is 0.455. The molecule has 2 aromatic carbocycles. The van der Waals surface area contributed by atoms with Crippen molar-refractivity contribution in [3.05, 3.63) is 78.1 Å². The van der Waals surface area contributed by atoms with Gasteiger partial charge in [0.25, 0.3) is 0 Å². The van der Waals surface area contributed by atoms with E-state index in [0.717, 1.165) is 39.8 Å². The molecule has 0 aliphatic heterocycles. The van der Waals surface area contributed by atoms with Crippen LogP contribution in [0.3, 0.4) is 0 Å². The average molecular weight is 625 g/mol. The van der Waals surface area contributed by atoms with Crippen LogP contribution in [0, 0.1) is 5.92 Å². The van der Waals surface area contributed by atoms with Gasteiger partial charge in [-0.2, -0.15) is 11.8 Å². The van der Waals surface area contributed by atoms with E-state index in [-0.39, 0.29) is 30.3 Å². The van der Waals surface area contributed by atoms with Gasteiger partial charge < -0.3 is 15.4 Å². The molecule has 8 nitrogen and oxygen atoms in total. The van der Waals surface area contributed by atoms with Crippen molar-refractivity contribution in [2.75, 3.05) is 38.0 Å². The van der Waals surface area contributed by atoms with Crippen LogP contribution in [0.2, 0.25) is 0 Å². The summed E-state index contributed by atoms with van der Waals surface area (Å²) < 4.78 is 4.94.